The third-order valence-electron chi connectivity index (χ3n) is 3.70. The van der Waals surface area contributed by atoms with Crippen LogP contribution in [0.3, 0.4) is 0 Å². The first kappa shape index (κ1) is 14.5. The maximum atomic E-state index is 12.8. The first-order valence-corrected chi connectivity index (χ1v) is 7.38. The zero-order valence-corrected chi connectivity index (χ0v) is 12.3. The van der Waals surface area contributed by atoms with Crippen LogP contribution in [0.1, 0.15) is 53.6 Å². The first-order chi connectivity index (χ1) is 9.72. The van der Waals surface area contributed by atoms with E-state index in [1.807, 2.05) is 49.4 Å². The van der Waals surface area contributed by atoms with Crippen molar-refractivity contribution in [2.45, 2.75) is 39.0 Å². The van der Waals surface area contributed by atoms with Crippen molar-refractivity contribution >= 4 is 5.78 Å². The lowest BCUT2D eigenvalue weighted by Gasteiger charge is -2.16. The van der Waals surface area contributed by atoms with Gasteiger partial charge in [0.05, 0.1) is 0 Å². The molecular weight excluding hydrogens is 244 g/mol. The third kappa shape index (κ3) is 3.57. The summed E-state index contributed by atoms with van der Waals surface area (Å²) in [4.78, 5) is 12.8. The molecule has 20 heavy (non-hydrogen) atoms. The number of hydrogen-bond donors (Lipinski definition) is 0. The van der Waals surface area contributed by atoms with Gasteiger partial charge in [0, 0.05) is 11.5 Å². The quantitative estimate of drug-likeness (QED) is 0.661. The van der Waals surface area contributed by atoms with Crippen molar-refractivity contribution in [3.63, 3.8) is 0 Å². The van der Waals surface area contributed by atoms with Gasteiger partial charge in [-0.3, -0.25) is 4.79 Å². The highest BCUT2D eigenvalue weighted by molar-refractivity contribution is 6.01. The van der Waals surface area contributed by atoms with Gasteiger partial charge in [-0.25, -0.2) is 0 Å². The number of hydrogen-bond acceptors (Lipinski definition) is 1. The molecule has 0 saturated carbocycles. The maximum absolute atomic E-state index is 12.8. The molecule has 0 aliphatic rings. The minimum atomic E-state index is -0.0149. The highest BCUT2D eigenvalue weighted by Gasteiger charge is 2.21. The van der Waals surface area contributed by atoms with Crippen molar-refractivity contribution in [1.82, 2.24) is 0 Å². The molecule has 1 nitrogen and oxygen atoms in total. The lowest BCUT2D eigenvalue weighted by atomic mass is 9.86. The predicted octanol–water partition coefficient (Wildman–Crippen LogP) is 5.15. The number of carbonyl (C=O) groups is 1. The van der Waals surface area contributed by atoms with Crippen molar-refractivity contribution in [2.24, 2.45) is 0 Å². The van der Waals surface area contributed by atoms with E-state index in [-0.39, 0.29) is 11.7 Å². The Balaban J connectivity index is 2.26. The van der Waals surface area contributed by atoms with Crippen molar-refractivity contribution in [2.75, 3.05) is 0 Å². The average Bonchev–Trinajstić information content (AvgIpc) is 2.49. The Kier molecular flexibility index (Phi) is 5.11. The molecule has 0 saturated heterocycles. The molecule has 2 rings (SSSR count). The number of benzene rings is 2. The second-order valence-corrected chi connectivity index (χ2v) is 5.34. The molecule has 0 aliphatic heterocycles. The summed E-state index contributed by atoms with van der Waals surface area (Å²) in [6.45, 7) is 4.21. The zero-order chi connectivity index (χ0) is 14.4. The highest BCUT2D eigenvalue weighted by Crippen LogP contribution is 2.26. The largest absolute Gasteiger partial charge is 0.293 e. The van der Waals surface area contributed by atoms with E-state index in [2.05, 4.69) is 19.1 Å². The molecule has 1 unspecified atom stereocenters. The molecule has 0 amide bonds. The second-order valence-electron chi connectivity index (χ2n) is 5.34. The molecule has 0 radical (unpaired) electrons. The molecule has 0 N–H and O–H groups in total. The molecule has 0 bridgehead atoms. The van der Waals surface area contributed by atoms with Crippen LogP contribution in [0.15, 0.2) is 54.6 Å². The van der Waals surface area contributed by atoms with E-state index in [1.54, 1.807) is 0 Å². The van der Waals surface area contributed by atoms with E-state index in [1.165, 1.54) is 5.56 Å². The summed E-state index contributed by atoms with van der Waals surface area (Å²) in [6.07, 6.45) is 3.12. The van der Waals surface area contributed by atoms with E-state index >= 15 is 0 Å². The summed E-state index contributed by atoms with van der Waals surface area (Å²) >= 11 is 0. The highest BCUT2D eigenvalue weighted by atomic mass is 16.1. The Morgan fingerprint density at radius 1 is 1.00 bits per heavy atom. The standard InChI is InChI=1S/C19H22O/c1-3-4-10-18(16-8-6-5-7-9-16)19(20)17-13-11-15(2)12-14-17/h5-9,11-14,18H,3-4,10H2,1-2H3. The van der Waals surface area contributed by atoms with Crippen LogP contribution >= 0.6 is 0 Å². The molecule has 1 heteroatoms. The zero-order valence-electron chi connectivity index (χ0n) is 12.3. The minimum Gasteiger partial charge on any atom is -0.293 e. The predicted molar refractivity (Wildman–Crippen MR) is 84.2 cm³/mol. The van der Waals surface area contributed by atoms with E-state index in [0.717, 1.165) is 30.4 Å². The fourth-order valence-electron chi connectivity index (χ4n) is 2.46. The molecule has 0 heterocycles. The van der Waals surface area contributed by atoms with Gasteiger partial charge in [-0.15, -0.1) is 0 Å². The van der Waals surface area contributed by atoms with E-state index < -0.39 is 0 Å². The molecule has 104 valence electrons. The normalized spacial score (nSPS) is 12.1. The number of rotatable bonds is 6. The van der Waals surface area contributed by atoms with Crippen LogP contribution in [0.5, 0.6) is 0 Å². The Morgan fingerprint density at radius 3 is 2.25 bits per heavy atom. The number of unbranched alkanes of at least 4 members (excludes halogenated alkanes) is 1. The summed E-state index contributed by atoms with van der Waals surface area (Å²) in [5.74, 6) is 0.225. The smallest absolute Gasteiger partial charge is 0.170 e. The third-order valence-corrected chi connectivity index (χ3v) is 3.70. The Hall–Kier alpha value is -1.89. The molecular formula is C19H22O. The van der Waals surface area contributed by atoms with Crippen LogP contribution in [0, 0.1) is 6.92 Å². The van der Waals surface area contributed by atoms with Gasteiger partial charge in [-0.1, -0.05) is 79.9 Å². The molecule has 2 aromatic carbocycles. The van der Waals surface area contributed by atoms with Crippen LogP contribution in [0.25, 0.3) is 0 Å². The van der Waals surface area contributed by atoms with E-state index in [9.17, 15) is 4.79 Å². The fourth-order valence-corrected chi connectivity index (χ4v) is 2.46. The van der Waals surface area contributed by atoms with Gasteiger partial charge in [0.25, 0.3) is 0 Å². The van der Waals surface area contributed by atoms with Crippen molar-refractivity contribution < 1.29 is 4.79 Å². The maximum Gasteiger partial charge on any atom is 0.170 e. The van der Waals surface area contributed by atoms with Crippen molar-refractivity contribution in [3.8, 4) is 0 Å². The lowest BCUT2D eigenvalue weighted by Crippen LogP contribution is -2.13. The summed E-state index contributed by atoms with van der Waals surface area (Å²) in [6, 6.07) is 18.0. The minimum absolute atomic E-state index is 0.0149. The number of Topliss-reactive ketones (excluding diaryl/α,β-unsaturated/α-hetero) is 1. The average molecular weight is 266 g/mol. The molecule has 2 aromatic rings. The van der Waals surface area contributed by atoms with Crippen LogP contribution in [0.2, 0.25) is 0 Å². The molecule has 0 fully saturated rings. The van der Waals surface area contributed by atoms with Crippen LogP contribution in [-0.4, -0.2) is 5.78 Å². The van der Waals surface area contributed by atoms with E-state index in [0.29, 0.717) is 0 Å². The Bertz CT molecular complexity index is 540. The molecule has 1 atom stereocenters. The lowest BCUT2D eigenvalue weighted by molar-refractivity contribution is 0.0954. The summed E-state index contributed by atoms with van der Waals surface area (Å²) in [5.41, 5.74) is 3.14. The van der Waals surface area contributed by atoms with Crippen LogP contribution in [-0.2, 0) is 0 Å². The van der Waals surface area contributed by atoms with Gasteiger partial charge in [0.1, 0.15) is 0 Å². The second kappa shape index (κ2) is 7.04. The molecule has 0 aromatic heterocycles. The van der Waals surface area contributed by atoms with Gasteiger partial charge >= 0.3 is 0 Å². The number of carbonyl (C=O) groups excluding carboxylic acids is 1. The monoisotopic (exact) mass is 266 g/mol. The van der Waals surface area contributed by atoms with Gasteiger partial charge in [-0.05, 0) is 18.9 Å². The van der Waals surface area contributed by atoms with Gasteiger partial charge in [0.2, 0.25) is 0 Å². The number of ketones is 1. The Morgan fingerprint density at radius 2 is 1.65 bits per heavy atom. The topological polar surface area (TPSA) is 17.1 Å². The summed E-state index contributed by atoms with van der Waals surface area (Å²) in [5, 5.41) is 0. The SMILES string of the molecule is CCCCC(C(=O)c1ccc(C)cc1)c1ccccc1. The molecule has 0 spiro atoms. The van der Waals surface area contributed by atoms with Crippen molar-refractivity contribution in [3.05, 3.63) is 71.3 Å². The number of aryl methyl sites for hydroxylation is 1. The van der Waals surface area contributed by atoms with Crippen LogP contribution in [0.4, 0.5) is 0 Å². The van der Waals surface area contributed by atoms with Gasteiger partial charge in [-0.2, -0.15) is 0 Å². The van der Waals surface area contributed by atoms with Gasteiger partial charge in [0.15, 0.2) is 5.78 Å². The summed E-state index contributed by atoms with van der Waals surface area (Å²) in [7, 11) is 0. The first-order valence-electron chi connectivity index (χ1n) is 7.38. The van der Waals surface area contributed by atoms with E-state index in [4.69, 9.17) is 0 Å². The van der Waals surface area contributed by atoms with Gasteiger partial charge < -0.3 is 0 Å². The fraction of sp³-hybridized carbons (Fsp3) is 0.316. The Labute approximate surface area is 121 Å². The van der Waals surface area contributed by atoms with Crippen molar-refractivity contribution in [1.29, 1.82) is 0 Å². The summed E-state index contributed by atoms with van der Waals surface area (Å²) < 4.78 is 0. The van der Waals surface area contributed by atoms with Crippen LogP contribution < -0.4 is 0 Å². The molecule has 0 aliphatic carbocycles.